The van der Waals surface area contributed by atoms with Crippen molar-refractivity contribution >= 4 is 10.1 Å². The van der Waals surface area contributed by atoms with Crippen molar-refractivity contribution in [3.8, 4) is 0 Å². The van der Waals surface area contributed by atoms with Crippen molar-refractivity contribution < 1.29 is 9.66 Å². The summed E-state index contributed by atoms with van der Waals surface area (Å²) < 4.78 is 20.2. The highest BCUT2D eigenvalue weighted by Gasteiger charge is 2.53. The molecule has 0 spiro atoms. The second-order valence-electron chi connectivity index (χ2n) is 5.21. The maximum atomic E-state index is 12.3. The summed E-state index contributed by atoms with van der Waals surface area (Å²) in [4.78, 5) is 0. The van der Waals surface area contributed by atoms with Crippen molar-refractivity contribution in [3.05, 3.63) is 71.8 Å². The fourth-order valence-corrected chi connectivity index (χ4v) is 4.58. The van der Waals surface area contributed by atoms with Gasteiger partial charge in [0.15, 0.2) is 5.60 Å². The van der Waals surface area contributed by atoms with Gasteiger partial charge in [-0.25, -0.2) is 0 Å². The summed E-state index contributed by atoms with van der Waals surface area (Å²) in [7, 11) is -2.73. The predicted molar refractivity (Wildman–Crippen MR) is 80.0 cm³/mol. The minimum atomic E-state index is -2.73. The van der Waals surface area contributed by atoms with Crippen LogP contribution in [0, 0.1) is 4.78 Å². The van der Waals surface area contributed by atoms with E-state index in [2.05, 4.69) is 0 Å². The molecule has 2 aromatic rings. The Hall–Kier alpha value is -1.49. The van der Waals surface area contributed by atoms with Gasteiger partial charge in [-0.2, -0.15) is 4.78 Å². The molecule has 1 aliphatic heterocycles. The molecule has 1 aliphatic rings. The first-order valence-electron chi connectivity index (χ1n) is 6.64. The molecular weight excluding hydrogens is 270 g/mol. The molecule has 0 bridgehead atoms. The first kappa shape index (κ1) is 13.5. The molecular formula is C16H17NO2S. The van der Waals surface area contributed by atoms with E-state index in [0.717, 1.165) is 0 Å². The van der Waals surface area contributed by atoms with E-state index in [0.29, 0.717) is 23.3 Å². The van der Waals surface area contributed by atoms with Gasteiger partial charge in [-0.1, -0.05) is 70.8 Å². The van der Waals surface area contributed by atoms with E-state index in [1.165, 1.54) is 0 Å². The van der Waals surface area contributed by atoms with Gasteiger partial charge in [-0.05, 0) is 11.1 Å². The first-order valence-corrected chi connectivity index (χ1v) is 8.43. The zero-order chi connectivity index (χ0) is 14.2. The van der Waals surface area contributed by atoms with E-state index >= 15 is 0 Å². The Morgan fingerprint density at radius 1 is 1.00 bits per heavy atom. The molecule has 1 fully saturated rings. The predicted octanol–water partition coefficient (Wildman–Crippen LogP) is 2.74. The lowest BCUT2D eigenvalue weighted by Crippen LogP contribution is -2.56. The van der Waals surface area contributed by atoms with Gasteiger partial charge in [0.05, 0.1) is 5.75 Å². The Morgan fingerprint density at radius 3 is 1.75 bits per heavy atom. The monoisotopic (exact) mass is 287 g/mol. The SMILES string of the molecule is N=[S+]1([O-])CC[C@@H]1C(O)(c1ccccc1)c1ccccc1. The Morgan fingerprint density at radius 2 is 1.45 bits per heavy atom. The highest BCUT2D eigenvalue weighted by molar-refractivity contribution is 8.00. The van der Waals surface area contributed by atoms with Crippen molar-refractivity contribution in [1.29, 1.82) is 4.78 Å². The standard InChI is InChI=1S/C16H17NO2S/c17-20(19)12-11-15(20)16(18,13-7-3-1-4-8-13)14-9-5-2-6-10-14/h1-10,15,18H,11-12H2,(H-,17,19)/t15-,20?/m1/s1. The van der Waals surface area contributed by atoms with Gasteiger partial charge in [0.1, 0.15) is 5.25 Å². The van der Waals surface area contributed by atoms with Gasteiger partial charge in [0.2, 0.25) is 0 Å². The Labute approximate surface area is 120 Å². The van der Waals surface area contributed by atoms with E-state index in [4.69, 9.17) is 4.78 Å². The molecule has 1 saturated heterocycles. The summed E-state index contributed by atoms with van der Waals surface area (Å²) in [6.07, 6.45) is 0.614. The number of rotatable bonds is 3. The molecule has 4 heteroatoms. The number of benzene rings is 2. The van der Waals surface area contributed by atoms with Crippen LogP contribution in [0.4, 0.5) is 0 Å². The van der Waals surface area contributed by atoms with E-state index in [1.807, 2.05) is 60.7 Å². The molecule has 104 valence electrons. The molecule has 0 aliphatic carbocycles. The fourth-order valence-electron chi connectivity index (χ4n) is 2.86. The van der Waals surface area contributed by atoms with Gasteiger partial charge < -0.3 is 9.66 Å². The molecule has 20 heavy (non-hydrogen) atoms. The zero-order valence-corrected chi connectivity index (χ0v) is 11.8. The van der Waals surface area contributed by atoms with Crippen molar-refractivity contribution in [1.82, 2.24) is 0 Å². The van der Waals surface area contributed by atoms with Gasteiger partial charge in [-0.3, -0.25) is 0 Å². The lowest BCUT2D eigenvalue weighted by molar-refractivity contribution is 0.0676. The summed E-state index contributed by atoms with van der Waals surface area (Å²) >= 11 is 0. The van der Waals surface area contributed by atoms with Crippen molar-refractivity contribution in [2.75, 3.05) is 5.75 Å². The fraction of sp³-hybridized carbons (Fsp3) is 0.250. The van der Waals surface area contributed by atoms with E-state index in [9.17, 15) is 9.66 Å². The lowest BCUT2D eigenvalue weighted by atomic mass is 9.82. The van der Waals surface area contributed by atoms with Crippen LogP contribution in [0.25, 0.3) is 0 Å². The van der Waals surface area contributed by atoms with Crippen LogP contribution < -0.4 is 0 Å². The van der Waals surface area contributed by atoms with E-state index in [-0.39, 0.29) is 0 Å². The highest BCUT2D eigenvalue weighted by Crippen LogP contribution is 2.45. The normalized spacial score (nSPS) is 26.0. The van der Waals surface area contributed by atoms with Gasteiger partial charge in [0.25, 0.3) is 0 Å². The summed E-state index contributed by atoms with van der Waals surface area (Å²) in [6.45, 7) is 0. The summed E-state index contributed by atoms with van der Waals surface area (Å²) in [5.41, 5.74) is 0.0614. The van der Waals surface area contributed by atoms with Crippen molar-refractivity contribution in [2.24, 2.45) is 0 Å². The number of hydrogen-bond donors (Lipinski definition) is 2. The molecule has 0 saturated carbocycles. The highest BCUT2D eigenvalue weighted by atomic mass is 32.3. The Kier molecular flexibility index (Phi) is 3.24. The quantitative estimate of drug-likeness (QED) is 0.852. The summed E-state index contributed by atoms with van der Waals surface area (Å²) in [5.74, 6) is 0.375. The molecule has 0 amide bonds. The second kappa shape index (κ2) is 4.81. The van der Waals surface area contributed by atoms with Crippen LogP contribution in [0.2, 0.25) is 0 Å². The maximum absolute atomic E-state index is 12.3. The molecule has 2 aromatic carbocycles. The first-order chi connectivity index (χ1) is 9.55. The Balaban J connectivity index is 2.16. The van der Waals surface area contributed by atoms with Crippen LogP contribution in [0.15, 0.2) is 60.7 Å². The molecule has 1 unspecified atom stereocenters. The number of hydrogen-bond acceptors (Lipinski definition) is 3. The van der Waals surface area contributed by atoms with E-state index < -0.39 is 21.0 Å². The largest absolute Gasteiger partial charge is 0.631 e. The van der Waals surface area contributed by atoms with Gasteiger partial charge in [0, 0.05) is 6.42 Å². The molecule has 0 aromatic heterocycles. The molecule has 3 rings (SSSR count). The third-order valence-electron chi connectivity index (χ3n) is 4.04. The molecule has 0 radical (unpaired) electrons. The smallest absolute Gasteiger partial charge is 0.160 e. The molecule has 2 atom stereocenters. The van der Waals surface area contributed by atoms with Crippen LogP contribution in [-0.4, -0.2) is 20.7 Å². The minimum Gasteiger partial charge on any atom is -0.631 e. The minimum absolute atomic E-state index is 0.375. The topological polar surface area (TPSA) is 67.1 Å². The van der Waals surface area contributed by atoms with Crippen LogP contribution in [0.1, 0.15) is 17.5 Å². The van der Waals surface area contributed by atoms with Crippen molar-refractivity contribution in [2.45, 2.75) is 17.3 Å². The molecule has 2 N–H and O–H groups in total. The van der Waals surface area contributed by atoms with E-state index in [1.54, 1.807) is 0 Å². The molecule has 3 nitrogen and oxygen atoms in total. The lowest BCUT2D eigenvalue weighted by Gasteiger charge is -2.47. The average Bonchev–Trinajstić information content (AvgIpc) is 2.48. The number of aliphatic hydroxyl groups is 1. The van der Waals surface area contributed by atoms with Gasteiger partial charge in [-0.15, -0.1) is 0 Å². The van der Waals surface area contributed by atoms with Crippen LogP contribution in [0.3, 0.4) is 0 Å². The third kappa shape index (κ3) is 2.00. The average molecular weight is 287 g/mol. The third-order valence-corrected chi connectivity index (χ3v) is 6.37. The summed E-state index contributed by atoms with van der Waals surface area (Å²) in [6, 6.07) is 18.5. The Bertz CT molecular complexity index is 603. The maximum Gasteiger partial charge on any atom is 0.160 e. The van der Waals surface area contributed by atoms with Gasteiger partial charge >= 0.3 is 0 Å². The summed E-state index contributed by atoms with van der Waals surface area (Å²) in [5, 5.41) is 10.8. The zero-order valence-electron chi connectivity index (χ0n) is 11.0. The van der Waals surface area contributed by atoms with Crippen LogP contribution >= 0.6 is 0 Å². The second-order valence-corrected chi connectivity index (χ2v) is 7.64. The van der Waals surface area contributed by atoms with Crippen LogP contribution in [0.5, 0.6) is 0 Å². The number of nitrogens with one attached hydrogen (secondary N) is 1. The molecule has 1 heterocycles. The van der Waals surface area contributed by atoms with Crippen molar-refractivity contribution in [3.63, 3.8) is 0 Å². The van der Waals surface area contributed by atoms with Crippen LogP contribution in [-0.2, 0) is 15.7 Å².